The predicted octanol–water partition coefficient (Wildman–Crippen LogP) is 3.00. The first-order valence-corrected chi connectivity index (χ1v) is 4.42. The van der Waals surface area contributed by atoms with Crippen molar-refractivity contribution in [3.8, 4) is 5.75 Å². The molecule has 0 saturated carbocycles. The Labute approximate surface area is 87.3 Å². The fraction of sp³-hybridized carbons (Fsp3) is 0.200. The molecule has 76 valence electrons. The summed E-state index contributed by atoms with van der Waals surface area (Å²) >= 11 is 5.55. The molecule has 0 spiro atoms. The van der Waals surface area contributed by atoms with Gasteiger partial charge in [0.25, 0.3) is 0 Å². The summed E-state index contributed by atoms with van der Waals surface area (Å²) in [7, 11) is 1.42. The molecule has 0 aliphatic rings. The van der Waals surface area contributed by atoms with E-state index in [0.29, 0.717) is 17.3 Å². The number of hydrogen-bond donors (Lipinski definition) is 1. The molecule has 0 radical (unpaired) electrons. The quantitative estimate of drug-likeness (QED) is 0.834. The molecule has 0 bridgehead atoms. The van der Waals surface area contributed by atoms with Gasteiger partial charge in [0.2, 0.25) is 0 Å². The highest BCUT2D eigenvalue weighted by Crippen LogP contribution is 2.20. The maximum absolute atomic E-state index is 13.2. The van der Waals surface area contributed by atoms with Gasteiger partial charge in [-0.25, -0.2) is 4.39 Å². The number of anilines is 1. The van der Waals surface area contributed by atoms with Crippen molar-refractivity contribution in [3.63, 3.8) is 0 Å². The molecule has 0 amide bonds. The summed E-state index contributed by atoms with van der Waals surface area (Å²) in [6, 6.07) is 4.61. The zero-order valence-electron chi connectivity index (χ0n) is 7.81. The first-order chi connectivity index (χ1) is 6.63. The second-order valence-electron chi connectivity index (χ2n) is 2.72. The molecule has 0 fully saturated rings. The molecule has 0 aromatic heterocycles. The minimum Gasteiger partial charge on any atom is -0.494 e. The van der Waals surface area contributed by atoms with E-state index < -0.39 is 5.82 Å². The molecule has 0 atom stereocenters. The van der Waals surface area contributed by atoms with Gasteiger partial charge in [-0.15, -0.1) is 0 Å². The van der Waals surface area contributed by atoms with Crippen LogP contribution in [-0.4, -0.2) is 13.7 Å². The molecule has 4 heteroatoms. The number of halogens is 2. The Morgan fingerprint density at radius 2 is 2.36 bits per heavy atom. The predicted molar refractivity (Wildman–Crippen MR) is 56.4 cm³/mol. The maximum Gasteiger partial charge on any atom is 0.167 e. The molecule has 0 heterocycles. The van der Waals surface area contributed by atoms with E-state index in [1.165, 1.54) is 13.2 Å². The van der Waals surface area contributed by atoms with Crippen molar-refractivity contribution in [2.24, 2.45) is 0 Å². The summed E-state index contributed by atoms with van der Waals surface area (Å²) in [6.45, 7) is 3.92. The zero-order chi connectivity index (χ0) is 10.6. The number of benzene rings is 1. The smallest absolute Gasteiger partial charge is 0.167 e. The van der Waals surface area contributed by atoms with Gasteiger partial charge in [0, 0.05) is 16.8 Å². The van der Waals surface area contributed by atoms with Gasteiger partial charge in [-0.05, 0) is 12.1 Å². The molecule has 1 aromatic carbocycles. The molecule has 1 N–H and O–H groups in total. The highest BCUT2D eigenvalue weighted by atomic mass is 35.5. The van der Waals surface area contributed by atoms with Crippen LogP contribution in [0, 0.1) is 5.82 Å². The molecule has 14 heavy (non-hydrogen) atoms. The monoisotopic (exact) mass is 215 g/mol. The molecular weight excluding hydrogens is 205 g/mol. The van der Waals surface area contributed by atoms with Gasteiger partial charge in [-0.1, -0.05) is 18.2 Å². The third-order valence-corrected chi connectivity index (χ3v) is 1.77. The van der Waals surface area contributed by atoms with Crippen molar-refractivity contribution in [1.29, 1.82) is 0 Å². The van der Waals surface area contributed by atoms with Gasteiger partial charge >= 0.3 is 0 Å². The molecule has 0 aliphatic heterocycles. The summed E-state index contributed by atoms with van der Waals surface area (Å²) in [5.74, 6) is -0.182. The van der Waals surface area contributed by atoms with E-state index in [9.17, 15) is 4.39 Å². The van der Waals surface area contributed by atoms with E-state index in [-0.39, 0.29) is 5.75 Å². The number of methoxy groups -OCH3 is 1. The minimum absolute atomic E-state index is 0.222. The highest BCUT2D eigenvalue weighted by Gasteiger charge is 2.02. The lowest BCUT2D eigenvalue weighted by Gasteiger charge is -2.07. The van der Waals surface area contributed by atoms with Crippen LogP contribution >= 0.6 is 11.6 Å². The average molecular weight is 216 g/mol. The third-order valence-electron chi connectivity index (χ3n) is 1.64. The first kappa shape index (κ1) is 10.9. The van der Waals surface area contributed by atoms with Crippen LogP contribution in [0.25, 0.3) is 0 Å². The standard InChI is InChI=1S/C10H11ClFNO/c1-7(11)6-13-8-3-4-10(14-2)9(12)5-8/h3-5,13H,1,6H2,2H3. The Morgan fingerprint density at radius 3 is 2.86 bits per heavy atom. The molecule has 1 aromatic rings. The Bertz CT molecular complexity index is 341. The van der Waals surface area contributed by atoms with E-state index in [0.717, 1.165) is 0 Å². The van der Waals surface area contributed by atoms with E-state index in [4.69, 9.17) is 16.3 Å². The Balaban J connectivity index is 2.71. The summed E-state index contributed by atoms with van der Waals surface area (Å²) in [6.07, 6.45) is 0. The average Bonchev–Trinajstić information content (AvgIpc) is 2.15. The first-order valence-electron chi connectivity index (χ1n) is 4.04. The molecular formula is C10H11ClFNO. The summed E-state index contributed by atoms with van der Waals surface area (Å²) in [5, 5.41) is 3.38. The van der Waals surface area contributed by atoms with E-state index in [2.05, 4.69) is 11.9 Å². The summed E-state index contributed by atoms with van der Waals surface area (Å²) in [4.78, 5) is 0. The van der Waals surface area contributed by atoms with Crippen LogP contribution in [0.3, 0.4) is 0 Å². The lowest BCUT2D eigenvalue weighted by atomic mass is 10.3. The molecule has 0 aliphatic carbocycles. The topological polar surface area (TPSA) is 21.3 Å². The second kappa shape index (κ2) is 4.86. The van der Waals surface area contributed by atoms with E-state index in [1.807, 2.05) is 0 Å². The largest absolute Gasteiger partial charge is 0.494 e. The second-order valence-corrected chi connectivity index (χ2v) is 3.25. The number of nitrogens with one attached hydrogen (secondary N) is 1. The van der Waals surface area contributed by atoms with Crippen LogP contribution in [0.1, 0.15) is 0 Å². The lowest BCUT2D eigenvalue weighted by molar-refractivity contribution is 0.386. The lowest BCUT2D eigenvalue weighted by Crippen LogP contribution is -2.01. The SMILES string of the molecule is C=C(Cl)CNc1ccc(OC)c(F)c1. The van der Waals surface area contributed by atoms with Crippen LogP contribution in [0.2, 0.25) is 0 Å². The number of rotatable bonds is 4. The van der Waals surface area contributed by atoms with Crippen molar-refractivity contribution in [1.82, 2.24) is 0 Å². The summed E-state index contributed by atoms with van der Waals surface area (Å²) in [5.41, 5.74) is 0.644. The Morgan fingerprint density at radius 1 is 1.64 bits per heavy atom. The van der Waals surface area contributed by atoms with Crippen LogP contribution in [0.5, 0.6) is 5.75 Å². The Hall–Kier alpha value is -1.22. The van der Waals surface area contributed by atoms with Crippen molar-refractivity contribution in [3.05, 3.63) is 35.6 Å². The van der Waals surface area contributed by atoms with Gasteiger partial charge in [0.1, 0.15) is 0 Å². The van der Waals surface area contributed by atoms with E-state index in [1.54, 1.807) is 12.1 Å². The fourth-order valence-corrected chi connectivity index (χ4v) is 1.04. The van der Waals surface area contributed by atoms with Gasteiger partial charge < -0.3 is 10.1 Å². The van der Waals surface area contributed by atoms with Gasteiger partial charge in [-0.2, -0.15) is 0 Å². The molecule has 2 nitrogen and oxygen atoms in total. The van der Waals surface area contributed by atoms with Gasteiger partial charge in [0.05, 0.1) is 13.7 Å². The zero-order valence-corrected chi connectivity index (χ0v) is 8.57. The highest BCUT2D eigenvalue weighted by molar-refractivity contribution is 6.29. The Kier molecular flexibility index (Phi) is 3.77. The minimum atomic E-state index is -0.405. The summed E-state index contributed by atoms with van der Waals surface area (Å²) < 4.78 is 17.9. The molecule has 0 unspecified atom stereocenters. The fourth-order valence-electron chi connectivity index (χ4n) is 0.974. The number of hydrogen-bond acceptors (Lipinski definition) is 2. The van der Waals surface area contributed by atoms with E-state index >= 15 is 0 Å². The molecule has 1 rings (SSSR count). The third kappa shape index (κ3) is 2.92. The normalized spacial score (nSPS) is 9.64. The van der Waals surface area contributed by atoms with Crippen molar-refractivity contribution in [2.45, 2.75) is 0 Å². The maximum atomic E-state index is 13.2. The molecule has 0 saturated heterocycles. The van der Waals surface area contributed by atoms with Gasteiger partial charge in [-0.3, -0.25) is 0 Å². The van der Waals surface area contributed by atoms with Crippen LogP contribution in [-0.2, 0) is 0 Å². The van der Waals surface area contributed by atoms with Crippen molar-refractivity contribution >= 4 is 17.3 Å². The van der Waals surface area contributed by atoms with Crippen LogP contribution in [0.4, 0.5) is 10.1 Å². The van der Waals surface area contributed by atoms with Crippen molar-refractivity contribution in [2.75, 3.05) is 19.0 Å². The van der Waals surface area contributed by atoms with Crippen molar-refractivity contribution < 1.29 is 9.13 Å². The van der Waals surface area contributed by atoms with Crippen LogP contribution < -0.4 is 10.1 Å². The number of ether oxygens (including phenoxy) is 1. The van der Waals surface area contributed by atoms with Gasteiger partial charge in [0.15, 0.2) is 11.6 Å². The van der Waals surface area contributed by atoms with Crippen LogP contribution in [0.15, 0.2) is 29.8 Å².